The second-order valence-corrected chi connectivity index (χ2v) is 8.63. The van der Waals surface area contributed by atoms with Crippen molar-refractivity contribution in [2.24, 2.45) is 0 Å². The van der Waals surface area contributed by atoms with Crippen molar-refractivity contribution in [1.29, 1.82) is 0 Å². The average Bonchev–Trinajstić information content (AvgIpc) is 2.76. The molecule has 1 unspecified atom stereocenters. The molecular formula is C23H20Cl2N4O4. The van der Waals surface area contributed by atoms with Crippen LogP contribution in [-0.4, -0.2) is 27.3 Å². The molecule has 8 nitrogen and oxygen atoms in total. The average molecular weight is 487 g/mol. The maximum Gasteiger partial charge on any atom is 0.262 e. The number of rotatable bonds is 5. The molecule has 0 aliphatic carbocycles. The smallest absolute Gasteiger partial charge is 0.262 e. The molecule has 0 radical (unpaired) electrons. The van der Waals surface area contributed by atoms with E-state index in [1.807, 2.05) is 0 Å². The molecule has 4 rings (SSSR count). The highest BCUT2D eigenvalue weighted by Gasteiger charge is 2.30. The number of imide groups is 1. The zero-order valence-electron chi connectivity index (χ0n) is 17.7. The van der Waals surface area contributed by atoms with Gasteiger partial charge in [0.25, 0.3) is 5.56 Å². The Morgan fingerprint density at radius 2 is 1.97 bits per heavy atom. The Hall–Kier alpha value is -3.23. The minimum atomic E-state index is -0.815. The van der Waals surface area contributed by atoms with Gasteiger partial charge in [-0.05, 0) is 42.7 Å². The largest absolute Gasteiger partial charge is 0.352 e. The van der Waals surface area contributed by atoms with E-state index in [9.17, 15) is 19.2 Å². The van der Waals surface area contributed by atoms with Gasteiger partial charge in [0.15, 0.2) is 0 Å². The molecule has 1 atom stereocenters. The van der Waals surface area contributed by atoms with Crippen molar-refractivity contribution in [2.45, 2.75) is 38.8 Å². The SMILES string of the molecule is Cc1nc2cccc(CNC(=O)Cc3ccc(Cl)c(Cl)c3)c2c(=O)n1C1CCC(=O)NC1=O. The first-order chi connectivity index (χ1) is 15.7. The van der Waals surface area contributed by atoms with Gasteiger partial charge in [-0.25, -0.2) is 4.98 Å². The predicted molar refractivity (Wildman–Crippen MR) is 124 cm³/mol. The molecule has 1 saturated heterocycles. The first-order valence-electron chi connectivity index (χ1n) is 10.3. The minimum absolute atomic E-state index is 0.0967. The van der Waals surface area contributed by atoms with Gasteiger partial charge in [0.05, 0.1) is 27.4 Å². The lowest BCUT2D eigenvalue weighted by atomic mass is 10.0. The number of halogens is 2. The Bertz CT molecular complexity index is 1350. The summed E-state index contributed by atoms with van der Waals surface area (Å²) in [5.74, 6) is -0.759. The maximum absolute atomic E-state index is 13.4. The van der Waals surface area contributed by atoms with E-state index >= 15 is 0 Å². The van der Waals surface area contributed by atoms with Crippen LogP contribution in [0.15, 0.2) is 41.2 Å². The molecule has 1 fully saturated rings. The summed E-state index contributed by atoms with van der Waals surface area (Å²) < 4.78 is 1.32. The minimum Gasteiger partial charge on any atom is -0.352 e. The van der Waals surface area contributed by atoms with Crippen molar-refractivity contribution in [3.8, 4) is 0 Å². The number of hydrogen-bond donors (Lipinski definition) is 2. The summed E-state index contributed by atoms with van der Waals surface area (Å²) in [7, 11) is 0. The first-order valence-corrected chi connectivity index (χ1v) is 11.0. The summed E-state index contributed by atoms with van der Waals surface area (Å²) in [5, 5.41) is 6.19. The summed E-state index contributed by atoms with van der Waals surface area (Å²) in [6.45, 7) is 1.75. The third-order valence-electron chi connectivity index (χ3n) is 5.54. The third kappa shape index (κ3) is 4.77. The fourth-order valence-corrected chi connectivity index (χ4v) is 4.28. The summed E-state index contributed by atoms with van der Waals surface area (Å²) in [6, 6.07) is 9.36. The van der Waals surface area contributed by atoms with Crippen molar-refractivity contribution >= 4 is 51.8 Å². The van der Waals surface area contributed by atoms with E-state index in [1.54, 1.807) is 43.3 Å². The maximum atomic E-state index is 13.4. The quantitative estimate of drug-likeness (QED) is 0.538. The fraction of sp³-hybridized carbons (Fsp3) is 0.261. The van der Waals surface area contributed by atoms with Crippen molar-refractivity contribution in [3.63, 3.8) is 0 Å². The van der Waals surface area contributed by atoms with E-state index < -0.39 is 11.9 Å². The van der Waals surface area contributed by atoms with Gasteiger partial charge in [0, 0.05) is 13.0 Å². The van der Waals surface area contributed by atoms with Crippen molar-refractivity contribution in [3.05, 3.63) is 73.7 Å². The van der Waals surface area contributed by atoms with Gasteiger partial charge in [-0.2, -0.15) is 0 Å². The molecule has 0 bridgehead atoms. The standard InChI is InChI=1S/C23H20Cl2N4O4/c1-12-27-17-4-2-3-14(11-26-20(31)10-13-5-6-15(24)16(25)9-13)21(17)23(33)29(12)18-7-8-19(30)28-22(18)32/h2-6,9,18H,7-8,10-11H2,1H3,(H,26,31)(H,28,30,32). The molecule has 1 aliphatic rings. The van der Waals surface area contributed by atoms with E-state index in [0.29, 0.717) is 37.9 Å². The second-order valence-electron chi connectivity index (χ2n) is 7.81. The van der Waals surface area contributed by atoms with Crippen LogP contribution >= 0.6 is 23.2 Å². The summed E-state index contributed by atoms with van der Waals surface area (Å²) >= 11 is 11.9. The van der Waals surface area contributed by atoms with Crippen LogP contribution in [0.2, 0.25) is 10.0 Å². The zero-order valence-corrected chi connectivity index (χ0v) is 19.2. The second kappa shape index (κ2) is 9.33. The molecule has 2 N–H and O–H groups in total. The van der Waals surface area contributed by atoms with Gasteiger partial charge in [-0.1, -0.05) is 41.4 Å². The van der Waals surface area contributed by atoms with Crippen LogP contribution in [0.4, 0.5) is 0 Å². The number of benzene rings is 2. The van der Waals surface area contributed by atoms with Gasteiger partial charge < -0.3 is 5.32 Å². The van der Waals surface area contributed by atoms with Crippen molar-refractivity contribution in [2.75, 3.05) is 0 Å². The van der Waals surface area contributed by atoms with Crippen LogP contribution < -0.4 is 16.2 Å². The predicted octanol–water partition coefficient (Wildman–Crippen LogP) is 2.85. The summed E-state index contributed by atoms with van der Waals surface area (Å²) in [4.78, 5) is 54.3. The van der Waals surface area contributed by atoms with Gasteiger partial charge >= 0.3 is 0 Å². The molecule has 1 aliphatic heterocycles. The van der Waals surface area contributed by atoms with Gasteiger partial charge in [-0.15, -0.1) is 0 Å². The van der Waals surface area contributed by atoms with E-state index in [2.05, 4.69) is 15.6 Å². The molecule has 10 heteroatoms. The van der Waals surface area contributed by atoms with E-state index in [0.717, 1.165) is 0 Å². The number of fused-ring (bicyclic) bond motifs is 1. The van der Waals surface area contributed by atoms with Crippen molar-refractivity contribution < 1.29 is 14.4 Å². The van der Waals surface area contributed by atoms with Crippen LogP contribution in [0, 0.1) is 6.92 Å². The van der Waals surface area contributed by atoms with Crippen LogP contribution in [0.25, 0.3) is 10.9 Å². The van der Waals surface area contributed by atoms with E-state index in [1.165, 1.54) is 4.57 Å². The zero-order chi connectivity index (χ0) is 23.7. The number of aromatic nitrogens is 2. The first kappa shape index (κ1) is 22.9. The number of amides is 3. The molecule has 170 valence electrons. The van der Waals surface area contributed by atoms with Gasteiger partial charge in [0.2, 0.25) is 17.7 Å². The van der Waals surface area contributed by atoms with Gasteiger partial charge in [-0.3, -0.25) is 29.1 Å². The van der Waals surface area contributed by atoms with Crippen LogP contribution in [0.5, 0.6) is 0 Å². The number of piperidine rings is 1. The Balaban J connectivity index is 1.61. The lowest BCUT2D eigenvalue weighted by Crippen LogP contribution is -2.45. The fourth-order valence-electron chi connectivity index (χ4n) is 3.96. The van der Waals surface area contributed by atoms with Crippen LogP contribution in [0.1, 0.15) is 35.8 Å². The van der Waals surface area contributed by atoms with Crippen molar-refractivity contribution in [1.82, 2.24) is 20.2 Å². The Morgan fingerprint density at radius 1 is 1.18 bits per heavy atom. The number of nitrogens with zero attached hydrogens (tertiary/aromatic N) is 2. The third-order valence-corrected chi connectivity index (χ3v) is 6.28. The number of carbonyl (C=O) groups is 3. The van der Waals surface area contributed by atoms with Crippen LogP contribution in [-0.2, 0) is 27.3 Å². The molecule has 2 heterocycles. The monoisotopic (exact) mass is 486 g/mol. The number of hydrogen-bond acceptors (Lipinski definition) is 5. The molecule has 33 heavy (non-hydrogen) atoms. The molecule has 1 aromatic heterocycles. The van der Waals surface area contributed by atoms with Crippen LogP contribution in [0.3, 0.4) is 0 Å². The molecule has 3 amide bonds. The molecule has 3 aromatic rings. The molecule has 0 spiro atoms. The summed E-state index contributed by atoms with van der Waals surface area (Å²) in [6.07, 6.45) is 0.466. The Morgan fingerprint density at radius 3 is 2.70 bits per heavy atom. The Kier molecular flexibility index (Phi) is 6.49. The normalized spacial score (nSPS) is 16.0. The van der Waals surface area contributed by atoms with E-state index in [4.69, 9.17) is 23.2 Å². The highest BCUT2D eigenvalue weighted by Crippen LogP contribution is 2.23. The summed E-state index contributed by atoms with van der Waals surface area (Å²) in [5.41, 5.74) is 1.37. The molecular weight excluding hydrogens is 467 g/mol. The number of carbonyl (C=O) groups excluding carboxylic acids is 3. The lowest BCUT2D eigenvalue weighted by molar-refractivity contribution is -0.135. The molecule has 0 saturated carbocycles. The highest BCUT2D eigenvalue weighted by atomic mass is 35.5. The topological polar surface area (TPSA) is 110 Å². The number of nitrogens with one attached hydrogen (secondary N) is 2. The lowest BCUT2D eigenvalue weighted by Gasteiger charge is -2.24. The van der Waals surface area contributed by atoms with Gasteiger partial charge in [0.1, 0.15) is 11.9 Å². The van der Waals surface area contributed by atoms with E-state index in [-0.39, 0.29) is 43.2 Å². The number of aryl methyl sites for hydroxylation is 1. The Labute approximate surface area is 198 Å². The molecule has 2 aromatic carbocycles. The highest BCUT2D eigenvalue weighted by molar-refractivity contribution is 6.42.